The van der Waals surface area contributed by atoms with Gasteiger partial charge in [-0.1, -0.05) is 17.6 Å². The van der Waals surface area contributed by atoms with Gasteiger partial charge in [0.1, 0.15) is 26.3 Å². The predicted octanol–water partition coefficient (Wildman–Crippen LogP) is 1.01. The maximum absolute atomic E-state index is 5.62. The van der Waals surface area contributed by atoms with Crippen LogP contribution in [-0.4, -0.2) is 33.0 Å². The molecule has 84 valence electrons. The second-order valence-electron chi connectivity index (χ2n) is 4.33. The van der Waals surface area contributed by atoms with Gasteiger partial charge in [0.2, 0.25) is 0 Å². The SMILES string of the molecule is [B]c1ccc(OCC2COC(C)(C)O2)cc1. The Morgan fingerprint density at radius 1 is 1.38 bits per heavy atom. The van der Waals surface area contributed by atoms with Crippen molar-refractivity contribution < 1.29 is 14.2 Å². The third kappa shape index (κ3) is 3.00. The molecule has 2 radical (unpaired) electrons. The fourth-order valence-corrected chi connectivity index (χ4v) is 1.60. The molecule has 1 fully saturated rings. The van der Waals surface area contributed by atoms with Crippen molar-refractivity contribution in [2.75, 3.05) is 13.2 Å². The molecule has 1 atom stereocenters. The highest BCUT2D eigenvalue weighted by Crippen LogP contribution is 2.22. The van der Waals surface area contributed by atoms with Gasteiger partial charge < -0.3 is 14.2 Å². The largest absolute Gasteiger partial charge is 0.491 e. The highest BCUT2D eigenvalue weighted by Gasteiger charge is 2.32. The Balaban J connectivity index is 1.82. The molecule has 2 rings (SSSR count). The Morgan fingerprint density at radius 2 is 2.06 bits per heavy atom. The van der Waals surface area contributed by atoms with E-state index < -0.39 is 5.79 Å². The third-order valence-corrected chi connectivity index (χ3v) is 2.38. The van der Waals surface area contributed by atoms with Crippen LogP contribution in [0, 0.1) is 0 Å². The van der Waals surface area contributed by atoms with Crippen molar-refractivity contribution >= 4 is 13.3 Å². The summed E-state index contributed by atoms with van der Waals surface area (Å²) >= 11 is 0. The Labute approximate surface area is 97.1 Å². The molecular formula is C12H15BO3. The zero-order valence-electron chi connectivity index (χ0n) is 9.60. The lowest BCUT2D eigenvalue weighted by Crippen LogP contribution is -2.25. The van der Waals surface area contributed by atoms with Gasteiger partial charge in [0.05, 0.1) is 6.61 Å². The van der Waals surface area contributed by atoms with Crippen LogP contribution >= 0.6 is 0 Å². The summed E-state index contributed by atoms with van der Waals surface area (Å²) in [5.41, 5.74) is 0.730. The van der Waals surface area contributed by atoms with Crippen molar-refractivity contribution in [3.8, 4) is 5.75 Å². The summed E-state index contributed by atoms with van der Waals surface area (Å²) in [5.74, 6) is 0.303. The van der Waals surface area contributed by atoms with Gasteiger partial charge in [-0.2, -0.15) is 0 Å². The van der Waals surface area contributed by atoms with E-state index in [0.29, 0.717) is 13.2 Å². The summed E-state index contributed by atoms with van der Waals surface area (Å²) in [6, 6.07) is 7.31. The van der Waals surface area contributed by atoms with Gasteiger partial charge in [0.25, 0.3) is 0 Å². The first-order chi connectivity index (χ1) is 7.55. The van der Waals surface area contributed by atoms with Gasteiger partial charge in [-0.15, -0.1) is 0 Å². The minimum Gasteiger partial charge on any atom is -0.491 e. The summed E-state index contributed by atoms with van der Waals surface area (Å²) < 4.78 is 16.6. The molecule has 4 heteroatoms. The summed E-state index contributed by atoms with van der Waals surface area (Å²) in [6.07, 6.45) is -0.00690. The molecule has 1 saturated heterocycles. The predicted molar refractivity (Wildman–Crippen MR) is 62.2 cm³/mol. The molecule has 0 N–H and O–H groups in total. The first kappa shape index (κ1) is 11.5. The summed E-state index contributed by atoms with van der Waals surface area (Å²) in [6.45, 7) is 4.86. The minimum atomic E-state index is -0.491. The number of benzene rings is 1. The smallest absolute Gasteiger partial charge is 0.163 e. The molecule has 1 heterocycles. The molecule has 0 aromatic heterocycles. The van der Waals surface area contributed by atoms with E-state index in [-0.39, 0.29) is 6.10 Å². The molecule has 0 saturated carbocycles. The van der Waals surface area contributed by atoms with Gasteiger partial charge in [-0.25, -0.2) is 0 Å². The van der Waals surface area contributed by atoms with Gasteiger partial charge in [-0.05, 0) is 26.0 Å². The zero-order chi connectivity index (χ0) is 11.6. The normalized spacial score (nSPS) is 23.2. The molecule has 0 bridgehead atoms. The number of hydrogen-bond acceptors (Lipinski definition) is 3. The third-order valence-electron chi connectivity index (χ3n) is 2.38. The van der Waals surface area contributed by atoms with Gasteiger partial charge in [0, 0.05) is 0 Å². The van der Waals surface area contributed by atoms with Crippen LogP contribution in [0.2, 0.25) is 0 Å². The molecule has 1 aromatic rings. The number of hydrogen-bond donors (Lipinski definition) is 0. The lowest BCUT2D eigenvalue weighted by Gasteiger charge is -2.17. The fraction of sp³-hybridized carbons (Fsp3) is 0.500. The second kappa shape index (κ2) is 4.48. The van der Waals surface area contributed by atoms with E-state index in [0.717, 1.165) is 11.2 Å². The Morgan fingerprint density at radius 3 is 2.62 bits per heavy atom. The van der Waals surface area contributed by atoms with Crippen molar-refractivity contribution in [1.82, 2.24) is 0 Å². The van der Waals surface area contributed by atoms with Gasteiger partial charge >= 0.3 is 0 Å². The highest BCUT2D eigenvalue weighted by atomic mass is 16.7. The first-order valence-electron chi connectivity index (χ1n) is 5.35. The molecule has 1 aromatic carbocycles. The first-order valence-corrected chi connectivity index (χ1v) is 5.35. The lowest BCUT2D eigenvalue weighted by molar-refractivity contribution is -0.141. The Kier molecular flexibility index (Phi) is 3.21. The minimum absolute atomic E-state index is 0.00690. The van der Waals surface area contributed by atoms with Crippen molar-refractivity contribution in [1.29, 1.82) is 0 Å². The number of ether oxygens (including phenoxy) is 3. The van der Waals surface area contributed by atoms with E-state index in [9.17, 15) is 0 Å². The van der Waals surface area contributed by atoms with Crippen LogP contribution in [0.25, 0.3) is 0 Å². The van der Waals surface area contributed by atoms with Gasteiger partial charge in [-0.3, -0.25) is 0 Å². The molecule has 1 unspecified atom stereocenters. The van der Waals surface area contributed by atoms with Crippen molar-refractivity contribution in [3.05, 3.63) is 24.3 Å². The average molecular weight is 218 g/mol. The van der Waals surface area contributed by atoms with Crippen LogP contribution in [0.5, 0.6) is 5.75 Å². The molecule has 16 heavy (non-hydrogen) atoms. The quantitative estimate of drug-likeness (QED) is 0.708. The van der Waals surface area contributed by atoms with Crippen LogP contribution in [0.1, 0.15) is 13.8 Å². The molecule has 1 aliphatic rings. The summed E-state index contributed by atoms with van der Waals surface area (Å²) in [5, 5.41) is 0. The Hall–Kier alpha value is -0.995. The van der Waals surface area contributed by atoms with E-state index in [1.165, 1.54) is 0 Å². The second-order valence-corrected chi connectivity index (χ2v) is 4.33. The van der Waals surface area contributed by atoms with Crippen LogP contribution < -0.4 is 10.2 Å². The average Bonchev–Trinajstić information content (AvgIpc) is 2.58. The van der Waals surface area contributed by atoms with Crippen molar-refractivity contribution in [2.45, 2.75) is 25.7 Å². The monoisotopic (exact) mass is 218 g/mol. The van der Waals surface area contributed by atoms with Crippen LogP contribution in [0.15, 0.2) is 24.3 Å². The standard InChI is InChI=1S/C12H15BO3/c1-12(2)15-8-11(16-12)7-14-10-5-3-9(13)4-6-10/h3-6,11H,7-8H2,1-2H3. The van der Waals surface area contributed by atoms with E-state index in [1.807, 2.05) is 38.1 Å². The molecular weight excluding hydrogens is 203 g/mol. The molecule has 0 amide bonds. The summed E-state index contributed by atoms with van der Waals surface area (Å²) in [4.78, 5) is 0. The number of rotatable bonds is 3. The Bertz CT molecular complexity index is 348. The molecule has 0 aliphatic carbocycles. The maximum Gasteiger partial charge on any atom is 0.163 e. The van der Waals surface area contributed by atoms with Crippen LogP contribution in [-0.2, 0) is 9.47 Å². The van der Waals surface area contributed by atoms with E-state index in [4.69, 9.17) is 22.1 Å². The van der Waals surface area contributed by atoms with Crippen molar-refractivity contribution in [2.24, 2.45) is 0 Å². The van der Waals surface area contributed by atoms with E-state index >= 15 is 0 Å². The van der Waals surface area contributed by atoms with E-state index in [2.05, 4.69) is 0 Å². The van der Waals surface area contributed by atoms with Crippen LogP contribution in [0.4, 0.5) is 0 Å². The highest BCUT2D eigenvalue weighted by molar-refractivity contribution is 6.32. The maximum atomic E-state index is 5.62. The molecule has 1 aliphatic heterocycles. The van der Waals surface area contributed by atoms with Crippen molar-refractivity contribution in [3.63, 3.8) is 0 Å². The van der Waals surface area contributed by atoms with E-state index in [1.54, 1.807) is 0 Å². The van der Waals surface area contributed by atoms with Gasteiger partial charge in [0.15, 0.2) is 5.79 Å². The lowest BCUT2D eigenvalue weighted by atomic mass is 9.97. The molecule has 3 nitrogen and oxygen atoms in total. The van der Waals surface area contributed by atoms with Crippen LogP contribution in [0.3, 0.4) is 0 Å². The fourth-order valence-electron chi connectivity index (χ4n) is 1.60. The molecule has 0 spiro atoms. The topological polar surface area (TPSA) is 27.7 Å². The summed E-state index contributed by atoms with van der Waals surface area (Å²) in [7, 11) is 5.58. The zero-order valence-corrected chi connectivity index (χ0v) is 9.60.